The van der Waals surface area contributed by atoms with Crippen LogP contribution in [0.2, 0.25) is 0 Å². The van der Waals surface area contributed by atoms with Crippen molar-refractivity contribution < 1.29 is 4.74 Å². The maximum absolute atomic E-state index is 5.65. The van der Waals surface area contributed by atoms with Crippen LogP contribution in [0.4, 0.5) is 0 Å². The smallest absolute Gasteiger partial charge is 0.191 e. The van der Waals surface area contributed by atoms with E-state index in [1.165, 1.54) is 11.1 Å². The van der Waals surface area contributed by atoms with Gasteiger partial charge in [-0.05, 0) is 25.5 Å². The van der Waals surface area contributed by atoms with Gasteiger partial charge in [0.2, 0.25) is 0 Å². The summed E-state index contributed by atoms with van der Waals surface area (Å²) >= 11 is 0. The lowest BCUT2D eigenvalue weighted by atomic mass is 10.1. The Morgan fingerprint density at radius 2 is 1.83 bits per heavy atom. The number of rotatable bonds is 6. The highest BCUT2D eigenvalue weighted by Crippen LogP contribution is 2.17. The summed E-state index contributed by atoms with van der Waals surface area (Å²) in [6.45, 7) is 6.17. The van der Waals surface area contributed by atoms with E-state index in [0.717, 1.165) is 23.8 Å². The van der Waals surface area contributed by atoms with Crippen molar-refractivity contribution in [1.29, 1.82) is 0 Å². The van der Waals surface area contributed by atoms with E-state index in [9.17, 15) is 0 Å². The van der Waals surface area contributed by atoms with E-state index in [4.69, 9.17) is 4.74 Å². The highest BCUT2D eigenvalue weighted by molar-refractivity contribution is 5.79. The van der Waals surface area contributed by atoms with E-state index in [0.29, 0.717) is 13.2 Å². The Morgan fingerprint density at radius 3 is 2.57 bits per heavy atom. The SMILES string of the molecule is CCOc1ccccc1CNC(=NC)NCc1cccc(C)c1. The van der Waals surface area contributed by atoms with Crippen LogP contribution in [-0.4, -0.2) is 19.6 Å². The van der Waals surface area contributed by atoms with Gasteiger partial charge in [-0.15, -0.1) is 0 Å². The van der Waals surface area contributed by atoms with Gasteiger partial charge in [0.25, 0.3) is 0 Å². The van der Waals surface area contributed by atoms with Crippen molar-refractivity contribution in [1.82, 2.24) is 10.6 Å². The molecule has 122 valence electrons. The first kappa shape index (κ1) is 16.9. The minimum Gasteiger partial charge on any atom is -0.494 e. The molecule has 0 aliphatic carbocycles. The molecular formula is C19H25N3O. The van der Waals surface area contributed by atoms with Crippen molar-refractivity contribution in [3.8, 4) is 5.75 Å². The standard InChI is InChI=1S/C19H25N3O/c1-4-23-18-11-6-5-10-17(18)14-22-19(20-3)21-13-16-9-7-8-15(2)12-16/h5-12H,4,13-14H2,1-3H3,(H2,20,21,22). The first-order valence-electron chi connectivity index (χ1n) is 7.93. The maximum Gasteiger partial charge on any atom is 0.191 e. The van der Waals surface area contributed by atoms with Crippen LogP contribution in [0.25, 0.3) is 0 Å². The normalized spacial score (nSPS) is 11.2. The van der Waals surface area contributed by atoms with Crippen molar-refractivity contribution in [3.63, 3.8) is 0 Å². The average molecular weight is 311 g/mol. The van der Waals surface area contributed by atoms with Crippen LogP contribution < -0.4 is 15.4 Å². The topological polar surface area (TPSA) is 45.6 Å². The van der Waals surface area contributed by atoms with Gasteiger partial charge in [-0.25, -0.2) is 0 Å². The van der Waals surface area contributed by atoms with Crippen LogP contribution in [0.15, 0.2) is 53.5 Å². The first-order valence-corrected chi connectivity index (χ1v) is 7.93. The first-order chi connectivity index (χ1) is 11.2. The van der Waals surface area contributed by atoms with Gasteiger partial charge >= 0.3 is 0 Å². The molecule has 0 fully saturated rings. The average Bonchev–Trinajstić information content (AvgIpc) is 2.57. The summed E-state index contributed by atoms with van der Waals surface area (Å²) in [5.41, 5.74) is 3.62. The number of para-hydroxylation sites is 1. The molecule has 2 N–H and O–H groups in total. The van der Waals surface area contributed by atoms with Gasteiger partial charge < -0.3 is 15.4 Å². The predicted octanol–water partition coefficient (Wildman–Crippen LogP) is 3.26. The molecule has 0 unspecified atom stereocenters. The third-order valence-electron chi connectivity index (χ3n) is 3.48. The van der Waals surface area contributed by atoms with Crippen LogP contribution >= 0.6 is 0 Å². The van der Waals surface area contributed by atoms with Crippen molar-refractivity contribution in [3.05, 3.63) is 65.2 Å². The van der Waals surface area contributed by atoms with Crippen LogP contribution in [0.1, 0.15) is 23.6 Å². The monoisotopic (exact) mass is 311 g/mol. The van der Waals surface area contributed by atoms with Crippen LogP contribution in [0, 0.1) is 6.92 Å². The number of hydrogen-bond donors (Lipinski definition) is 2. The molecule has 4 nitrogen and oxygen atoms in total. The van der Waals surface area contributed by atoms with E-state index in [1.54, 1.807) is 7.05 Å². The molecule has 2 aromatic carbocycles. The number of ether oxygens (including phenoxy) is 1. The maximum atomic E-state index is 5.65. The molecule has 0 radical (unpaired) electrons. The van der Waals surface area contributed by atoms with Gasteiger partial charge in [-0.1, -0.05) is 48.0 Å². The lowest BCUT2D eigenvalue weighted by Gasteiger charge is -2.14. The largest absolute Gasteiger partial charge is 0.494 e. The van der Waals surface area contributed by atoms with E-state index >= 15 is 0 Å². The second kappa shape index (κ2) is 8.83. The fourth-order valence-electron chi connectivity index (χ4n) is 2.35. The highest BCUT2D eigenvalue weighted by atomic mass is 16.5. The Morgan fingerprint density at radius 1 is 1.04 bits per heavy atom. The minimum atomic E-state index is 0.664. The van der Waals surface area contributed by atoms with Crippen molar-refractivity contribution in [2.24, 2.45) is 4.99 Å². The number of aryl methyl sites for hydroxylation is 1. The zero-order valence-corrected chi connectivity index (χ0v) is 14.1. The Labute approximate surface area is 138 Å². The van der Waals surface area contributed by atoms with Gasteiger partial charge in [-0.3, -0.25) is 4.99 Å². The molecule has 0 aliphatic heterocycles. The predicted molar refractivity (Wildman–Crippen MR) is 95.8 cm³/mol. The highest BCUT2D eigenvalue weighted by Gasteiger charge is 2.04. The number of hydrogen-bond acceptors (Lipinski definition) is 2. The van der Waals surface area contributed by atoms with Gasteiger partial charge in [0.05, 0.1) is 6.61 Å². The number of benzene rings is 2. The molecule has 0 aromatic heterocycles. The lowest BCUT2D eigenvalue weighted by Crippen LogP contribution is -2.36. The molecule has 0 heterocycles. The molecule has 2 rings (SSSR count). The number of nitrogens with one attached hydrogen (secondary N) is 2. The molecule has 0 atom stereocenters. The molecule has 0 bridgehead atoms. The summed E-state index contributed by atoms with van der Waals surface area (Å²) < 4.78 is 5.65. The van der Waals surface area contributed by atoms with Crippen molar-refractivity contribution in [2.75, 3.05) is 13.7 Å². The fourth-order valence-corrected chi connectivity index (χ4v) is 2.35. The molecule has 0 saturated carbocycles. The van der Waals surface area contributed by atoms with E-state index in [1.807, 2.05) is 25.1 Å². The molecular weight excluding hydrogens is 286 g/mol. The third-order valence-corrected chi connectivity index (χ3v) is 3.48. The van der Waals surface area contributed by atoms with Crippen molar-refractivity contribution in [2.45, 2.75) is 26.9 Å². The van der Waals surface area contributed by atoms with E-state index in [2.05, 4.69) is 52.9 Å². The van der Waals surface area contributed by atoms with Crippen LogP contribution in [0.5, 0.6) is 5.75 Å². The molecule has 0 saturated heterocycles. The summed E-state index contributed by atoms with van der Waals surface area (Å²) in [7, 11) is 1.78. The van der Waals surface area contributed by atoms with Gasteiger partial charge in [0.1, 0.15) is 5.75 Å². The number of nitrogens with zero attached hydrogens (tertiary/aromatic N) is 1. The molecule has 0 aliphatic rings. The quantitative estimate of drug-likeness (QED) is 0.636. The second-order valence-electron chi connectivity index (χ2n) is 5.31. The Kier molecular flexibility index (Phi) is 6.48. The fraction of sp³-hybridized carbons (Fsp3) is 0.316. The minimum absolute atomic E-state index is 0.664. The summed E-state index contributed by atoms with van der Waals surface area (Å²) in [5.74, 6) is 1.69. The van der Waals surface area contributed by atoms with Crippen LogP contribution in [0.3, 0.4) is 0 Å². The van der Waals surface area contributed by atoms with Crippen LogP contribution in [-0.2, 0) is 13.1 Å². The summed E-state index contributed by atoms with van der Waals surface area (Å²) in [6.07, 6.45) is 0. The van der Waals surface area contributed by atoms with E-state index in [-0.39, 0.29) is 0 Å². The molecule has 0 amide bonds. The Balaban J connectivity index is 1.90. The Bertz CT molecular complexity index is 653. The zero-order valence-electron chi connectivity index (χ0n) is 14.1. The Hall–Kier alpha value is -2.49. The van der Waals surface area contributed by atoms with Gasteiger partial charge in [0, 0.05) is 25.7 Å². The van der Waals surface area contributed by atoms with Crippen molar-refractivity contribution >= 4 is 5.96 Å². The third kappa shape index (κ3) is 5.33. The summed E-state index contributed by atoms with van der Waals surface area (Å²) in [4.78, 5) is 4.27. The number of aliphatic imine (C=N–C) groups is 1. The van der Waals surface area contributed by atoms with Gasteiger partial charge in [-0.2, -0.15) is 0 Å². The molecule has 0 spiro atoms. The summed E-state index contributed by atoms with van der Waals surface area (Å²) in [5, 5.41) is 6.66. The van der Waals surface area contributed by atoms with E-state index < -0.39 is 0 Å². The molecule has 23 heavy (non-hydrogen) atoms. The second-order valence-corrected chi connectivity index (χ2v) is 5.31. The molecule has 4 heteroatoms. The zero-order chi connectivity index (χ0) is 16.5. The lowest BCUT2D eigenvalue weighted by molar-refractivity contribution is 0.336. The summed E-state index contributed by atoms with van der Waals surface area (Å²) in [6, 6.07) is 16.5. The number of guanidine groups is 1. The van der Waals surface area contributed by atoms with Gasteiger partial charge in [0.15, 0.2) is 5.96 Å². The molecule has 2 aromatic rings.